The second-order valence-corrected chi connectivity index (χ2v) is 9.55. The number of aromatic nitrogens is 2. The first kappa shape index (κ1) is 21.8. The molecule has 1 aromatic rings. The highest BCUT2D eigenvalue weighted by atomic mass is 32.2. The summed E-state index contributed by atoms with van der Waals surface area (Å²) in [5.41, 5.74) is 3.54. The summed E-state index contributed by atoms with van der Waals surface area (Å²) in [5.74, 6) is -2.54. The van der Waals surface area contributed by atoms with Crippen LogP contribution < -0.4 is 5.48 Å². The number of allylic oxidation sites excluding steroid dienone is 2. The number of hydrogen-bond donors (Lipinski definition) is 3. The lowest BCUT2D eigenvalue weighted by molar-refractivity contribution is -0.142. The topological polar surface area (TPSA) is 128 Å². The standard InChI is InChI=1S/C19H23N5O5S2/c1-9-6-10(2)24(20-9)11-4-5-12-13(7-11)31-19-22(8-14(25)26)18(30-3)15(16(27)21-29)17(28)23(12)19/h6,11,19,29H,4-5,7-8H2,1-3H3,(H,21,27)(H,25,26). The fourth-order valence-electron chi connectivity index (χ4n) is 4.43. The zero-order chi connectivity index (χ0) is 22.4. The van der Waals surface area contributed by atoms with Crippen molar-refractivity contribution in [2.75, 3.05) is 12.8 Å². The van der Waals surface area contributed by atoms with Crippen LogP contribution in [0.15, 0.2) is 27.3 Å². The summed E-state index contributed by atoms with van der Waals surface area (Å²) in [6.45, 7) is 3.59. The molecule has 0 fully saturated rings. The Morgan fingerprint density at radius 3 is 2.71 bits per heavy atom. The van der Waals surface area contributed by atoms with Gasteiger partial charge in [0.2, 0.25) is 0 Å². The maximum Gasteiger partial charge on any atom is 0.323 e. The molecule has 0 bridgehead atoms. The van der Waals surface area contributed by atoms with Gasteiger partial charge in [-0.3, -0.25) is 29.2 Å². The molecule has 0 spiro atoms. The number of nitrogens with zero attached hydrogens (tertiary/aromatic N) is 4. The number of carbonyl (C=O) groups is 3. The number of rotatable bonds is 5. The van der Waals surface area contributed by atoms with E-state index in [9.17, 15) is 24.7 Å². The molecule has 4 rings (SSSR count). The van der Waals surface area contributed by atoms with Crippen LogP contribution >= 0.6 is 23.5 Å². The lowest BCUT2D eigenvalue weighted by atomic mass is 9.97. The number of nitrogens with one attached hydrogen (secondary N) is 1. The highest BCUT2D eigenvalue weighted by Gasteiger charge is 2.50. The van der Waals surface area contributed by atoms with Gasteiger partial charge >= 0.3 is 5.97 Å². The first-order chi connectivity index (χ1) is 14.8. The minimum atomic E-state index is -1.07. The number of aliphatic carboxylic acids is 1. The second-order valence-electron chi connectivity index (χ2n) is 7.60. The van der Waals surface area contributed by atoms with Gasteiger partial charge in [-0.2, -0.15) is 5.10 Å². The van der Waals surface area contributed by atoms with Gasteiger partial charge in [0.05, 0.1) is 16.8 Å². The molecule has 2 unspecified atom stereocenters. The van der Waals surface area contributed by atoms with Crippen LogP contribution in [0.1, 0.15) is 36.7 Å². The normalized spacial score (nSPS) is 23.3. The first-order valence-corrected chi connectivity index (χ1v) is 11.8. The highest BCUT2D eigenvalue weighted by molar-refractivity contribution is 8.04. The first-order valence-electron chi connectivity index (χ1n) is 9.73. The Hall–Kier alpha value is -2.44. The highest BCUT2D eigenvalue weighted by Crippen LogP contribution is 2.52. The smallest absolute Gasteiger partial charge is 0.323 e. The SMILES string of the molecule is CSC1=C(C(=O)NO)C(=O)N2C3=C(CC(n4nc(C)cc4C)CC3)SC2N1CC(=O)O. The molecule has 1 aliphatic carbocycles. The van der Waals surface area contributed by atoms with E-state index in [4.69, 9.17) is 0 Å². The van der Waals surface area contributed by atoms with E-state index in [1.807, 2.05) is 24.6 Å². The van der Waals surface area contributed by atoms with E-state index in [2.05, 4.69) is 5.10 Å². The van der Waals surface area contributed by atoms with Crippen molar-refractivity contribution in [1.82, 2.24) is 25.1 Å². The van der Waals surface area contributed by atoms with Crippen molar-refractivity contribution in [1.29, 1.82) is 0 Å². The van der Waals surface area contributed by atoms with Gasteiger partial charge in [-0.1, -0.05) is 11.8 Å². The summed E-state index contributed by atoms with van der Waals surface area (Å²) >= 11 is 2.56. The fourth-order valence-corrected chi connectivity index (χ4v) is 6.80. The minimum Gasteiger partial charge on any atom is -0.480 e. The number of carbonyl (C=O) groups excluding carboxylic acids is 2. The zero-order valence-corrected chi connectivity index (χ0v) is 18.9. The number of carboxylic acid groups (broad SMARTS) is 1. The zero-order valence-electron chi connectivity index (χ0n) is 17.3. The van der Waals surface area contributed by atoms with Crippen LogP contribution in [-0.2, 0) is 14.4 Å². The Morgan fingerprint density at radius 1 is 1.39 bits per heavy atom. The molecule has 3 aliphatic rings. The number of carboxylic acids is 1. The van der Waals surface area contributed by atoms with E-state index in [0.29, 0.717) is 12.8 Å². The maximum absolute atomic E-state index is 13.3. The molecule has 3 N–H and O–H groups in total. The van der Waals surface area contributed by atoms with E-state index < -0.39 is 23.3 Å². The molecule has 0 radical (unpaired) electrons. The Kier molecular flexibility index (Phi) is 5.79. The van der Waals surface area contributed by atoms with Crippen LogP contribution in [-0.4, -0.2) is 66.0 Å². The maximum atomic E-state index is 13.3. The van der Waals surface area contributed by atoms with Gasteiger partial charge in [-0.15, -0.1) is 11.8 Å². The van der Waals surface area contributed by atoms with Crippen LogP contribution in [0.2, 0.25) is 0 Å². The van der Waals surface area contributed by atoms with E-state index in [-0.39, 0.29) is 23.2 Å². The van der Waals surface area contributed by atoms with E-state index >= 15 is 0 Å². The number of aryl methyl sites for hydroxylation is 2. The van der Waals surface area contributed by atoms with Gasteiger partial charge in [-0.05, 0) is 39.0 Å². The van der Waals surface area contributed by atoms with Crippen molar-refractivity contribution >= 4 is 41.3 Å². The molecule has 0 saturated heterocycles. The van der Waals surface area contributed by atoms with Gasteiger partial charge < -0.3 is 10.0 Å². The van der Waals surface area contributed by atoms with Crippen molar-refractivity contribution < 1.29 is 24.7 Å². The molecule has 1 aromatic heterocycles. The van der Waals surface area contributed by atoms with Crippen LogP contribution in [0.3, 0.4) is 0 Å². The average Bonchev–Trinajstić information content (AvgIpc) is 3.27. The predicted molar refractivity (Wildman–Crippen MR) is 115 cm³/mol. The van der Waals surface area contributed by atoms with Crippen molar-refractivity contribution in [3.8, 4) is 0 Å². The number of fused-ring (bicyclic) bond motifs is 2. The summed E-state index contributed by atoms with van der Waals surface area (Å²) in [5, 5.41) is 23.5. The lowest BCUT2D eigenvalue weighted by Crippen LogP contribution is -2.54. The molecule has 10 nitrogen and oxygen atoms in total. The molecule has 0 saturated carbocycles. The van der Waals surface area contributed by atoms with Crippen LogP contribution in [0, 0.1) is 13.8 Å². The summed E-state index contributed by atoms with van der Waals surface area (Å²) in [4.78, 5) is 41.3. The molecule has 0 aromatic carbocycles. The molecule has 2 atom stereocenters. The second kappa shape index (κ2) is 8.24. The quantitative estimate of drug-likeness (QED) is 0.339. The van der Waals surface area contributed by atoms with Crippen LogP contribution in [0.4, 0.5) is 0 Å². The summed E-state index contributed by atoms with van der Waals surface area (Å²) in [6, 6.07) is 2.18. The molecule has 31 heavy (non-hydrogen) atoms. The van der Waals surface area contributed by atoms with Gasteiger partial charge in [0.15, 0.2) is 5.50 Å². The predicted octanol–water partition coefficient (Wildman–Crippen LogP) is 1.78. The van der Waals surface area contributed by atoms with Crippen molar-refractivity contribution in [3.05, 3.63) is 38.7 Å². The van der Waals surface area contributed by atoms with Gasteiger partial charge in [0.25, 0.3) is 11.8 Å². The van der Waals surface area contributed by atoms with Crippen molar-refractivity contribution in [2.45, 2.75) is 44.6 Å². The van der Waals surface area contributed by atoms with E-state index in [1.165, 1.54) is 22.1 Å². The third-order valence-corrected chi connectivity index (χ3v) is 7.80. The van der Waals surface area contributed by atoms with Crippen LogP contribution in [0.25, 0.3) is 0 Å². The molecule has 2 amide bonds. The third-order valence-electron chi connectivity index (χ3n) is 5.61. The number of hydrogen-bond acceptors (Lipinski definition) is 8. The number of amides is 2. The van der Waals surface area contributed by atoms with Crippen LogP contribution in [0.5, 0.6) is 0 Å². The average molecular weight is 466 g/mol. The largest absolute Gasteiger partial charge is 0.480 e. The monoisotopic (exact) mass is 465 g/mol. The summed E-state index contributed by atoms with van der Waals surface area (Å²) in [7, 11) is 0. The Labute approximate surface area is 187 Å². The van der Waals surface area contributed by atoms with Gasteiger partial charge in [0.1, 0.15) is 12.1 Å². The van der Waals surface area contributed by atoms with Gasteiger partial charge in [-0.25, -0.2) is 5.48 Å². The molecule has 166 valence electrons. The van der Waals surface area contributed by atoms with Crippen molar-refractivity contribution in [2.24, 2.45) is 0 Å². The third kappa shape index (κ3) is 3.62. The fraction of sp³-hybridized carbons (Fsp3) is 0.474. The Morgan fingerprint density at radius 2 is 2.13 bits per heavy atom. The Balaban J connectivity index is 1.71. The molecule has 12 heteroatoms. The minimum absolute atomic E-state index is 0.150. The molecule has 3 heterocycles. The summed E-state index contributed by atoms with van der Waals surface area (Å²) in [6.07, 6.45) is 3.73. The lowest BCUT2D eigenvalue weighted by Gasteiger charge is -2.41. The van der Waals surface area contributed by atoms with E-state index in [1.54, 1.807) is 11.2 Å². The van der Waals surface area contributed by atoms with E-state index in [0.717, 1.165) is 40.2 Å². The van der Waals surface area contributed by atoms with Crippen molar-refractivity contribution in [3.63, 3.8) is 0 Å². The summed E-state index contributed by atoms with van der Waals surface area (Å²) < 4.78 is 2.02. The molecule has 2 aliphatic heterocycles. The number of hydroxylamine groups is 1. The molecular weight excluding hydrogens is 442 g/mol. The van der Waals surface area contributed by atoms with Gasteiger partial charge in [0, 0.05) is 22.7 Å². The number of thioether (sulfide) groups is 2. The molecular formula is C19H23N5O5S2. The Bertz CT molecular complexity index is 1030.